The molecule has 0 aromatic carbocycles. The Labute approximate surface area is 106 Å². The van der Waals surface area contributed by atoms with Crippen LogP contribution in [0.4, 0.5) is 0 Å². The van der Waals surface area contributed by atoms with Gasteiger partial charge in [-0.2, -0.15) is 0 Å². The van der Waals surface area contributed by atoms with Crippen molar-refractivity contribution in [3.8, 4) is 0 Å². The number of carbonyl (C=O) groups is 1. The van der Waals surface area contributed by atoms with Crippen LogP contribution in [0.15, 0.2) is 12.2 Å². The van der Waals surface area contributed by atoms with Gasteiger partial charge in [0.2, 0.25) is 0 Å². The van der Waals surface area contributed by atoms with E-state index >= 15 is 0 Å². The molecule has 17 heavy (non-hydrogen) atoms. The molecule has 2 heteroatoms. The van der Waals surface area contributed by atoms with Crippen LogP contribution >= 0.6 is 0 Å². The van der Waals surface area contributed by atoms with Gasteiger partial charge in [-0.15, -0.1) is 0 Å². The Hall–Kier alpha value is -0.790. The fourth-order valence-corrected chi connectivity index (χ4v) is 1.93. The molecule has 2 nitrogen and oxygen atoms in total. The molecule has 0 fully saturated rings. The lowest BCUT2D eigenvalue weighted by Crippen LogP contribution is -2.17. The van der Waals surface area contributed by atoms with E-state index in [-0.39, 0.29) is 11.9 Å². The van der Waals surface area contributed by atoms with Gasteiger partial charge < -0.3 is 4.74 Å². The maximum Gasteiger partial charge on any atom is 0.308 e. The average molecular weight is 240 g/mol. The zero-order chi connectivity index (χ0) is 12.9. The molecule has 1 atom stereocenters. The molecular formula is C15H28O2. The van der Waals surface area contributed by atoms with E-state index in [9.17, 15) is 4.79 Å². The smallest absolute Gasteiger partial charge is 0.308 e. The minimum atomic E-state index is -0.00143. The van der Waals surface area contributed by atoms with Crippen LogP contribution in [0.5, 0.6) is 0 Å². The molecule has 100 valence electrons. The number of ether oxygens (including phenoxy) is 1. The number of esters is 1. The van der Waals surface area contributed by atoms with Crippen molar-refractivity contribution in [2.24, 2.45) is 5.92 Å². The molecule has 0 aliphatic heterocycles. The molecule has 0 radical (unpaired) electrons. The van der Waals surface area contributed by atoms with Crippen molar-refractivity contribution in [3.63, 3.8) is 0 Å². The monoisotopic (exact) mass is 240 g/mol. The van der Waals surface area contributed by atoms with Crippen molar-refractivity contribution in [2.45, 2.75) is 65.7 Å². The molecule has 0 N–H and O–H groups in total. The normalized spacial score (nSPS) is 12.9. The second-order valence-corrected chi connectivity index (χ2v) is 4.40. The van der Waals surface area contributed by atoms with Gasteiger partial charge in [0.05, 0.1) is 12.5 Å². The highest BCUT2D eigenvalue weighted by Gasteiger charge is 2.17. The van der Waals surface area contributed by atoms with E-state index < -0.39 is 0 Å². The first-order valence-electron chi connectivity index (χ1n) is 7.07. The lowest BCUT2D eigenvalue weighted by molar-refractivity contribution is -0.148. The van der Waals surface area contributed by atoms with Crippen LogP contribution in [0, 0.1) is 5.92 Å². The summed E-state index contributed by atoms with van der Waals surface area (Å²) in [4.78, 5) is 11.7. The van der Waals surface area contributed by atoms with Crippen molar-refractivity contribution in [2.75, 3.05) is 6.61 Å². The van der Waals surface area contributed by atoms with Crippen LogP contribution in [0.2, 0.25) is 0 Å². The molecule has 0 aliphatic rings. The third-order valence-corrected chi connectivity index (χ3v) is 2.83. The predicted octanol–water partition coefficient (Wildman–Crippen LogP) is 4.49. The number of allylic oxidation sites excluding steroid dienone is 2. The van der Waals surface area contributed by atoms with Crippen LogP contribution < -0.4 is 0 Å². The molecule has 1 unspecified atom stereocenters. The maximum atomic E-state index is 11.7. The van der Waals surface area contributed by atoms with E-state index in [1.807, 2.05) is 6.92 Å². The largest absolute Gasteiger partial charge is 0.466 e. The van der Waals surface area contributed by atoms with E-state index in [1.54, 1.807) is 0 Å². The molecule has 0 aromatic rings. The lowest BCUT2D eigenvalue weighted by Gasteiger charge is -2.14. The molecule has 0 amide bonds. The van der Waals surface area contributed by atoms with Crippen LogP contribution in [0.3, 0.4) is 0 Å². The maximum absolute atomic E-state index is 11.7. The first-order chi connectivity index (χ1) is 8.26. The Balaban J connectivity index is 3.76. The van der Waals surface area contributed by atoms with E-state index in [0.29, 0.717) is 6.61 Å². The summed E-state index contributed by atoms with van der Waals surface area (Å²) in [5.41, 5.74) is 0. The summed E-state index contributed by atoms with van der Waals surface area (Å²) in [6, 6.07) is 0. The molecule has 0 aliphatic carbocycles. The van der Waals surface area contributed by atoms with Crippen LogP contribution in [-0.4, -0.2) is 12.6 Å². The van der Waals surface area contributed by atoms with Crippen molar-refractivity contribution >= 4 is 5.97 Å². The van der Waals surface area contributed by atoms with Crippen molar-refractivity contribution in [1.29, 1.82) is 0 Å². The van der Waals surface area contributed by atoms with Crippen LogP contribution in [-0.2, 0) is 9.53 Å². The zero-order valence-corrected chi connectivity index (χ0v) is 11.7. The van der Waals surface area contributed by atoms with Crippen molar-refractivity contribution in [3.05, 3.63) is 12.2 Å². The summed E-state index contributed by atoms with van der Waals surface area (Å²) in [7, 11) is 0. The van der Waals surface area contributed by atoms with Crippen molar-refractivity contribution < 1.29 is 9.53 Å². The number of rotatable bonds is 10. The topological polar surface area (TPSA) is 26.3 Å². The van der Waals surface area contributed by atoms with Gasteiger partial charge in [0.25, 0.3) is 0 Å². The van der Waals surface area contributed by atoms with Gasteiger partial charge in [-0.3, -0.25) is 4.79 Å². The number of hydrogen-bond acceptors (Lipinski definition) is 2. The number of hydrogen-bond donors (Lipinski definition) is 0. The van der Waals surface area contributed by atoms with Gasteiger partial charge in [0.1, 0.15) is 0 Å². The molecule has 0 saturated carbocycles. The van der Waals surface area contributed by atoms with Crippen LogP contribution in [0.1, 0.15) is 65.7 Å². The molecule has 0 rings (SSSR count). The zero-order valence-electron chi connectivity index (χ0n) is 11.7. The standard InChI is InChI=1S/C15H28O2/c1-4-7-8-9-10-11-13-14(12-5-2)15(16)17-6-3/h7-8,14H,4-6,9-13H2,1-3H3. The summed E-state index contributed by atoms with van der Waals surface area (Å²) < 4.78 is 5.10. The molecule has 0 spiro atoms. The molecule has 0 bridgehead atoms. The Morgan fingerprint density at radius 3 is 2.47 bits per heavy atom. The fraction of sp³-hybridized carbons (Fsp3) is 0.800. The van der Waals surface area contributed by atoms with E-state index in [1.165, 1.54) is 6.42 Å². The predicted molar refractivity (Wildman–Crippen MR) is 72.9 cm³/mol. The SMILES string of the molecule is CCC=CCCCCC(CCC)C(=O)OCC. The average Bonchev–Trinajstić information content (AvgIpc) is 2.32. The molecule has 0 heterocycles. The van der Waals surface area contributed by atoms with E-state index in [2.05, 4.69) is 26.0 Å². The summed E-state index contributed by atoms with van der Waals surface area (Å²) in [6.45, 7) is 6.64. The second-order valence-electron chi connectivity index (χ2n) is 4.40. The number of unbranched alkanes of at least 4 members (excludes halogenated alkanes) is 2. The van der Waals surface area contributed by atoms with Gasteiger partial charge in [-0.25, -0.2) is 0 Å². The van der Waals surface area contributed by atoms with Crippen molar-refractivity contribution in [1.82, 2.24) is 0 Å². The highest BCUT2D eigenvalue weighted by atomic mass is 16.5. The second kappa shape index (κ2) is 11.7. The highest BCUT2D eigenvalue weighted by Crippen LogP contribution is 2.17. The fourth-order valence-electron chi connectivity index (χ4n) is 1.93. The number of carbonyl (C=O) groups excluding carboxylic acids is 1. The van der Waals surface area contributed by atoms with Gasteiger partial charge in [0.15, 0.2) is 0 Å². The minimum Gasteiger partial charge on any atom is -0.466 e. The summed E-state index contributed by atoms with van der Waals surface area (Å²) in [6.07, 6.45) is 12.0. The summed E-state index contributed by atoms with van der Waals surface area (Å²) >= 11 is 0. The first kappa shape index (κ1) is 16.2. The Morgan fingerprint density at radius 2 is 1.88 bits per heavy atom. The molecular weight excluding hydrogens is 212 g/mol. The highest BCUT2D eigenvalue weighted by molar-refractivity contribution is 5.72. The van der Waals surface area contributed by atoms with Gasteiger partial charge in [-0.05, 0) is 39.0 Å². The van der Waals surface area contributed by atoms with Crippen LogP contribution in [0.25, 0.3) is 0 Å². The third-order valence-electron chi connectivity index (χ3n) is 2.83. The Bertz CT molecular complexity index is 209. The molecule has 0 aromatic heterocycles. The Kier molecular flexibility index (Phi) is 11.1. The van der Waals surface area contributed by atoms with Gasteiger partial charge >= 0.3 is 5.97 Å². The van der Waals surface area contributed by atoms with E-state index in [4.69, 9.17) is 4.74 Å². The first-order valence-corrected chi connectivity index (χ1v) is 7.07. The summed E-state index contributed by atoms with van der Waals surface area (Å²) in [5.74, 6) is 0.119. The minimum absolute atomic E-state index is 0.00143. The van der Waals surface area contributed by atoms with Gasteiger partial charge in [0, 0.05) is 0 Å². The quantitative estimate of drug-likeness (QED) is 0.319. The summed E-state index contributed by atoms with van der Waals surface area (Å²) in [5, 5.41) is 0. The van der Waals surface area contributed by atoms with Gasteiger partial charge in [-0.1, -0.05) is 38.8 Å². The Morgan fingerprint density at radius 1 is 1.12 bits per heavy atom. The molecule has 0 saturated heterocycles. The van der Waals surface area contributed by atoms with E-state index in [0.717, 1.165) is 38.5 Å². The lowest BCUT2D eigenvalue weighted by atomic mass is 9.96. The third kappa shape index (κ3) is 8.96.